The Morgan fingerprint density at radius 2 is 2.00 bits per heavy atom. The topological polar surface area (TPSA) is 107 Å². The minimum absolute atomic E-state index is 0.113. The number of nitro benzene ring substituents is 1. The number of hydrogen-bond donors (Lipinski definition) is 0. The maximum atomic E-state index is 13.1. The number of nitrogens with zero attached hydrogens (tertiary/aromatic N) is 6. The second-order valence-corrected chi connectivity index (χ2v) is 9.92. The van der Waals surface area contributed by atoms with Crippen LogP contribution in [0.5, 0.6) is 0 Å². The molecule has 168 valence electrons. The van der Waals surface area contributed by atoms with E-state index in [9.17, 15) is 14.9 Å². The molecule has 0 atom stereocenters. The number of carbonyl (C=O) groups excluding carboxylic acids is 1. The highest BCUT2D eigenvalue weighted by Crippen LogP contribution is 2.36. The van der Waals surface area contributed by atoms with Crippen molar-refractivity contribution in [3.63, 3.8) is 0 Å². The minimum atomic E-state index is -0.463. The van der Waals surface area contributed by atoms with E-state index in [0.717, 1.165) is 35.1 Å². The summed E-state index contributed by atoms with van der Waals surface area (Å²) < 4.78 is 2.86. The summed E-state index contributed by atoms with van der Waals surface area (Å²) in [5.41, 5.74) is 1.23. The van der Waals surface area contributed by atoms with Gasteiger partial charge in [-0.15, -0.1) is 21.5 Å². The van der Waals surface area contributed by atoms with E-state index in [1.165, 1.54) is 17.1 Å². The first-order valence-electron chi connectivity index (χ1n) is 10.4. The van der Waals surface area contributed by atoms with Gasteiger partial charge in [-0.25, -0.2) is 4.98 Å². The molecule has 3 heterocycles. The SMILES string of the molecule is Cn1cnnc1Sc1ccc(C(=O)N2CCC(c3nc4ccccc4s3)CC2)cc1[N+](=O)[O-]. The number of likely N-dealkylation sites (tertiary alicyclic amines) is 1. The quantitative estimate of drug-likeness (QED) is 0.306. The van der Waals surface area contributed by atoms with Crippen LogP contribution in [0.15, 0.2) is 58.8 Å². The number of nitro groups is 1. The maximum Gasteiger partial charge on any atom is 0.284 e. The number of rotatable bonds is 5. The van der Waals surface area contributed by atoms with Gasteiger partial charge in [0.05, 0.1) is 25.0 Å². The fourth-order valence-electron chi connectivity index (χ4n) is 3.92. The predicted octanol–water partition coefficient (Wildman–Crippen LogP) is 4.50. The number of amides is 1. The van der Waals surface area contributed by atoms with Gasteiger partial charge in [0.1, 0.15) is 6.33 Å². The lowest BCUT2D eigenvalue weighted by atomic mass is 9.97. The summed E-state index contributed by atoms with van der Waals surface area (Å²) in [4.78, 5) is 31.3. The highest BCUT2D eigenvalue weighted by molar-refractivity contribution is 7.99. The van der Waals surface area contributed by atoms with Gasteiger partial charge < -0.3 is 9.47 Å². The Hall–Kier alpha value is -3.31. The third kappa shape index (κ3) is 4.33. The summed E-state index contributed by atoms with van der Waals surface area (Å²) >= 11 is 2.86. The highest BCUT2D eigenvalue weighted by atomic mass is 32.2. The Kier molecular flexibility index (Phi) is 5.81. The molecule has 1 fully saturated rings. The monoisotopic (exact) mass is 480 g/mol. The van der Waals surface area contributed by atoms with Crippen LogP contribution in [0.2, 0.25) is 0 Å². The number of piperidine rings is 1. The molecule has 1 amide bonds. The number of benzene rings is 2. The van der Waals surface area contributed by atoms with Crippen LogP contribution in [-0.4, -0.2) is 48.6 Å². The van der Waals surface area contributed by atoms with Crippen molar-refractivity contribution in [1.82, 2.24) is 24.6 Å². The number of fused-ring (bicyclic) bond motifs is 1. The molecule has 1 aliphatic rings. The van der Waals surface area contributed by atoms with Crippen LogP contribution < -0.4 is 0 Å². The number of thiazole rings is 1. The molecule has 0 radical (unpaired) electrons. The van der Waals surface area contributed by atoms with Crippen molar-refractivity contribution in [2.24, 2.45) is 7.05 Å². The highest BCUT2D eigenvalue weighted by Gasteiger charge is 2.28. The van der Waals surface area contributed by atoms with Gasteiger partial charge in [-0.2, -0.15) is 0 Å². The standard InChI is InChI=1S/C22H20N6O3S2/c1-26-13-23-25-22(26)33-19-7-6-15(12-17(19)28(30)31)21(29)27-10-8-14(9-11-27)20-24-16-4-2-3-5-18(16)32-20/h2-7,12-14H,8-11H2,1H3. The van der Waals surface area contributed by atoms with Crippen molar-refractivity contribution in [1.29, 1.82) is 0 Å². The molecule has 2 aromatic carbocycles. The largest absolute Gasteiger partial charge is 0.339 e. The number of hydrogen-bond acceptors (Lipinski definition) is 8. The lowest BCUT2D eigenvalue weighted by Gasteiger charge is -2.31. The molecule has 1 saturated heterocycles. The summed E-state index contributed by atoms with van der Waals surface area (Å²) in [7, 11) is 1.77. The van der Waals surface area contributed by atoms with Crippen LogP contribution in [0.25, 0.3) is 10.2 Å². The van der Waals surface area contributed by atoms with E-state index in [0.29, 0.717) is 34.6 Å². The fraction of sp³-hybridized carbons (Fsp3) is 0.273. The molecule has 0 saturated carbocycles. The van der Waals surface area contributed by atoms with Crippen molar-refractivity contribution in [3.05, 3.63) is 69.5 Å². The zero-order valence-corrected chi connectivity index (χ0v) is 19.4. The molecule has 0 aliphatic carbocycles. The lowest BCUT2D eigenvalue weighted by Crippen LogP contribution is -2.37. The number of aromatic nitrogens is 4. The number of carbonyl (C=O) groups is 1. The molecule has 5 rings (SSSR count). The first kappa shape index (κ1) is 21.5. The summed E-state index contributed by atoms with van der Waals surface area (Å²) in [5, 5.41) is 21.1. The molecular weight excluding hydrogens is 460 g/mol. The van der Waals surface area contributed by atoms with Crippen LogP contribution in [0.1, 0.15) is 34.1 Å². The summed E-state index contributed by atoms with van der Waals surface area (Å²) in [5.74, 6) is 0.141. The van der Waals surface area contributed by atoms with Gasteiger partial charge in [-0.05, 0) is 48.9 Å². The molecule has 0 bridgehead atoms. The fourth-order valence-corrected chi connectivity index (χ4v) is 5.91. The predicted molar refractivity (Wildman–Crippen MR) is 126 cm³/mol. The van der Waals surface area contributed by atoms with E-state index < -0.39 is 4.92 Å². The Bertz CT molecular complexity index is 1310. The van der Waals surface area contributed by atoms with Crippen LogP contribution >= 0.6 is 23.1 Å². The van der Waals surface area contributed by atoms with Crippen molar-refractivity contribution in [2.45, 2.75) is 28.8 Å². The van der Waals surface area contributed by atoms with E-state index in [4.69, 9.17) is 4.98 Å². The van der Waals surface area contributed by atoms with Crippen molar-refractivity contribution in [3.8, 4) is 0 Å². The van der Waals surface area contributed by atoms with E-state index >= 15 is 0 Å². The average molecular weight is 481 g/mol. The molecule has 1 aliphatic heterocycles. The van der Waals surface area contributed by atoms with Gasteiger partial charge in [-0.3, -0.25) is 14.9 Å². The van der Waals surface area contributed by atoms with Gasteiger partial charge in [0.25, 0.3) is 11.6 Å². The third-order valence-corrected chi connectivity index (χ3v) is 8.03. The number of aryl methyl sites for hydroxylation is 1. The average Bonchev–Trinajstić information content (AvgIpc) is 3.45. The normalized spacial score (nSPS) is 14.6. The zero-order chi connectivity index (χ0) is 22.9. The second-order valence-electron chi connectivity index (χ2n) is 7.85. The Balaban J connectivity index is 1.29. The second kappa shape index (κ2) is 8.91. The van der Waals surface area contributed by atoms with Crippen LogP contribution in [-0.2, 0) is 7.05 Å². The van der Waals surface area contributed by atoms with E-state index in [2.05, 4.69) is 16.3 Å². The molecular formula is C22H20N6O3S2. The van der Waals surface area contributed by atoms with E-state index in [-0.39, 0.29) is 11.6 Å². The summed E-state index contributed by atoms with van der Waals surface area (Å²) in [6.07, 6.45) is 3.19. The molecule has 0 unspecified atom stereocenters. The first-order chi connectivity index (χ1) is 16.0. The molecule has 2 aromatic heterocycles. The van der Waals surface area contributed by atoms with Crippen molar-refractivity contribution in [2.75, 3.05) is 13.1 Å². The third-order valence-electron chi connectivity index (χ3n) is 5.72. The van der Waals surface area contributed by atoms with Gasteiger partial charge >= 0.3 is 0 Å². The van der Waals surface area contributed by atoms with Crippen LogP contribution in [0.3, 0.4) is 0 Å². The molecule has 4 aromatic rings. The minimum Gasteiger partial charge on any atom is -0.339 e. The zero-order valence-electron chi connectivity index (χ0n) is 17.7. The lowest BCUT2D eigenvalue weighted by molar-refractivity contribution is -0.387. The van der Waals surface area contributed by atoms with E-state index in [1.807, 2.05) is 18.2 Å². The van der Waals surface area contributed by atoms with Crippen molar-refractivity contribution < 1.29 is 9.72 Å². The van der Waals surface area contributed by atoms with Gasteiger partial charge in [0.2, 0.25) is 0 Å². The smallest absolute Gasteiger partial charge is 0.284 e. The molecule has 9 nitrogen and oxygen atoms in total. The maximum absolute atomic E-state index is 13.1. The summed E-state index contributed by atoms with van der Waals surface area (Å²) in [6, 6.07) is 12.7. The van der Waals surface area contributed by atoms with Crippen molar-refractivity contribution >= 4 is 44.9 Å². The van der Waals surface area contributed by atoms with Gasteiger partial charge in [0, 0.05) is 37.7 Å². The molecule has 33 heavy (non-hydrogen) atoms. The van der Waals surface area contributed by atoms with Gasteiger partial charge in [-0.1, -0.05) is 12.1 Å². The molecule has 11 heteroatoms. The van der Waals surface area contributed by atoms with Gasteiger partial charge in [0.15, 0.2) is 5.16 Å². The molecule has 0 spiro atoms. The molecule has 0 N–H and O–H groups in total. The number of para-hydroxylation sites is 1. The first-order valence-corrected chi connectivity index (χ1v) is 12.1. The van der Waals surface area contributed by atoms with E-state index in [1.54, 1.807) is 40.0 Å². The Labute approximate surface area is 197 Å². The van der Waals surface area contributed by atoms with Crippen LogP contribution in [0, 0.1) is 10.1 Å². The van der Waals surface area contributed by atoms with Crippen LogP contribution in [0.4, 0.5) is 5.69 Å². The summed E-state index contributed by atoms with van der Waals surface area (Å²) in [6.45, 7) is 1.20. The Morgan fingerprint density at radius 3 is 2.70 bits per heavy atom. The Morgan fingerprint density at radius 1 is 1.21 bits per heavy atom.